The largest absolute Gasteiger partial charge is 0.477 e. The summed E-state index contributed by atoms with van der Waals surface area (Å²) in [6.45, 7) is 0. The van der Waals surface area contributed by atoms with E-state index in [1.807, 2.05) is 0 Å². The maximum atomic E-state index is 12.2. The lowest BCUT2D eigenvalue weighted by molar-refractivity contribution is -0.385. The second-order valence-electron chi connectivity index (χ2n) is 2.60. The Hall–Kier alpha value is -1.83. The summed E-state index contributed by atoms with van der Waals surface area (Å²) < 4.78 is 24.5. The summed E-state index contributed by atoms with van der Waals surface area (Å²) in [5.74, 6) is -1.72. The Morgan fingerprint density at radius 3 is 2.56 bits per heavy atom. The molecule has 1 heterocycles. The highest BCUT2D eigenvalue weighted by Crippen LogP contribution is 2.30. The molecule has 0 radical (unpaired) electrons. The number of aromatic carboxylic acids is 1. The predicted octanol–water partition coefficient (Wildman–Crippen LogP) is 2.28. The van der Waals surface area contributed by atoms with Crippen LogP contribution in [0.4, 0.5) is 14.5 Å². The maximum absolute atomic E-state index is 12.2. The van der Waals surface area contributed by atoms with Gasteiger partial charge in [0.05, 0.1) is 4.92 Å². The van der Waals surface area contributed by atoms with Gasteiger partial charge < -0.3 is 5.11 Å². The molecule has 9 heteroatoms. The van der Waals surface area contributed by atoms with Gasteiger partial charge in [0.2, 0.25) is 5.15 Å². The molecule has 0 atom stereocenters. The van der Waals surface area contributed by atoms with Gasteiger partial charge in [-0.15, -0.1) is 0 Å². The Labute approximate surface area is 91.6 Å². The normalized spacial score (nSPS) is 10.5. The number of aromatic nitrogens is 1. The molecule has 0 saturated carbocycles. The average molecular weight is 253 g/mol. The highest BCUT2D eigenvalue weighted by atomic mass is 35.5. The van der Waals surface area contributed by atoms with Gasteiger partial charge in [-0.1, -0.05) is 11.6 Å². The first kappa shape index (κ1) is 12.2. The van der Waals surface area contributed by atoms with E-state index in [1.54, 1.807) is 0 Å². The monoisotopic (exact) mass is 252 g/mol. The molecule has 1 aromatic rings. The topological polar surface area (TPSA) is 93.3 Å². The summed E-state index contributed by atoms with van der Waals surface area (Å²) in [7, 11) is 0. The molecule has 0 spiro atoms. The van der Waals surface area contributed by atoms with Gasteiger partial charge in [0.1, 0.15) is 11.3 Å². The van der Waals surface area contributed by atoms with Gasteiger partial charge in [-0.3, -0.25) is 10.1 Å². The highest BCUT2D eigenvalue weighted by molar-refractivity contribution is 6.32. The Morgan fingerprint density at radius 2 is 2.19 bits per heavy atom. The molecule has 0 aliphatic carbocycles. The molecule has 16 heavy (non-hydrogen) atoms. The molecule has 0 aliphatic rings. The summed E-state index contributed by atoms with van der Waals surface area (Å²) in [6.07, 6.45) is -3.06. The Morgan fingerprint density at radius 1 is 1.62 bits per heavy atom. The van der Waals surface area contributed by atoms with Gasteiger partial charge >= 0.3 is 11.7 Å². The second kappa shape index (κ2) is 4.35. The third kappa shape index (κ3) is 2.22. The van der Waals surface area contributed by atoms with Crippen molar-refractivity contribution in [2.75, 3.05) is 0 Å². The van der Waals surface area contributed by atoms with Crippen LogP contribution in [0, 0.1) is 10.1 Å². The van der Waals surface area contributed by atoms with Crippen LogP contribution in [0.1, 0.15) is 22.5 Å². The molecule has 0 fully saturated rings. The number of rotatable bonds is 3. The van der Waals surface area contributed by atoms with E-state index in [4.69, 9.17) is 16.7 Å². The van der Waals surface area contributed by atoms with Crippen LogP contribution in [0.15, 0.2) is 6.07 Å². The highest BCUT2D eigenvalue weighted by Gasteiger charge is 2.28. The molecule has 1 N–H and O–H groups in total. The van der Waals surface area contributed by atoms with Crippen LogP contribution in [0.5, 0.6) is 0 Å². The van der Waals surface area contributed by atoms with Crippen LogP contribution < -0.4 is 0 Å². The SMILES string of the molecule is O=C(O)c1cc(C(F)F)nc(Cl)c1[N+](=O)[O-]. The second-order valence-corrected chi connectivity index (χ2v) is 2.96. The number of hydrogen-bond donors (Lipinski definition) is 1. The summed E-state index contributed by atoms with van der Waals surface area (Å²) >= 11 is 5.27. The average Bonchev–Trinajstić information content (AvgIpc) is 2.15. The third-order valence-electron chi connectivity index (χ3n) is 1.61. The van der Waals surface area contributed by atoms with E-state index in [9.17, 15) is 23.7 Å². The number of hydrogen-bond acceptors (Lipinski definition) is 4. The molecule has 1 rings (SSSR count). The summed E-state index contributed by atoms with van der Waals surface area (Å²) in [5, 5.41) is 18.2. The lowest BCUT2D eigenvalue weighted by Gasteiger charge is -2.03. The lowest BCUT2D eigenvalue weighted by Crippen LogP contribution is -2.06. The van der Waals surface area contributed by atoms with E-state index in [0.29, 0.717) is 6.07 Å². The number of alkyl halides is 2. The summed E-state index contributed by atoms with van der Waals surface area (Å²) in [5.41, 5.74) is -2.84. The minimum absolute atomic E-state index is 0.428. The van der Waals surface area contributed by atoms with Crippen LogP contribution in [-0.2, 0) is 0 Å². The lowest BCUT2D eigenvalue weighted by atomic mass is 10.2. The fourth-order valence-corrected chi connectivity index (χ4v) is 1.24. The zero-order chi connectivity index (χ0) is 12.5. The predicted molar refractivity (Wildman–Crippen MR) is 47.8 cm³/mol. The van der Waals surface area contributed by atoms with Gasteiger partial charge in [-0.25, -0.2) is 18.6 Å². The number of nitrogens with zero attached hydrogens (tertiary/aromatic N) is 2. The molecule has 0 amide bonds. The van der Waals surface area contributed by atoms with Crippen LogP contribution in [0.25, 0.3) is 0 Å². The fraction of sp³-hybridized carbons (Fsp3) is 0.143. The number of nitro groups is 1. The van der Waals surface area contributed by atoms with Gasteiger partial charge in [0.25, 0.3) is 6.43 Å². The van der Waals surface area contributed by atoms with E-state index in [2.05, 4.69) is 4.98 Å². The van der Waals surface area contributed by atoms with Crippen molar-refractivity contribution in [1.29, 1.82) is 0 Å². The van der Waals surface area contributed by atoms with Crippen molar-refractivity contribution in [3.8, 4) is 0 Å². The van der Waals surface area contributed by atoms with E-state index in [-0.39, 0.29) is 0 Å². The van der Waals surface area contributed by atoms with E-state index < -0.39 is 39.4 Å². The molecule has 1 aromatic heterocycles. The molecule has 86 valence electrons. The van der Waals surface area contributed by atoms with Crippen molar-refractivity contribution < 1.29 is 23.6 Å². The summed E-state index contributed by atoms with van der Waals surface area (Å²) in [6, 6.07) is 0.428. The quantitative estimate of drug-likeness (QED) is 0.506. The number of carboxylic acid groups (broad SMARTS) is 1. The zero-order valence-corrected chi connectivity index (χ0v) is 8.11. The molecule has 0 aliphatic heterocycles. The molecular formula is C7H3ClF2N2O4. The van der Waals surface area contributed by atoms with Crippen molar-refractivity contribution in [3.63, 3.8) is 0 Å². The molecule has 0 bridgehead atoms. The van der Waals surface area contributed by atoms with Crippen LogP contribution >= 0.6 is 11.6 Å². The van der Waals surface area contributed by atoms with Crippen molar-refractivity contribution in [2.24, 2.45) is 0 Å². The number of carboxylic acids is 1. The molecule has 0 aromatic carbocycles. The van der Waals surface area contributed by atoms with E-state index >= 15 is 0 Å². The van der Waals surface area contributed by atoms with E-state index in [0.717, 1.165) is 0 Å². The number of halogens is 3. The first-order valence-corrected chi connectivity index (χ1v) is 4.08. The number of carbonyl (C=O) groups is 1. The standard InChI is InChI=1S/C7H3ClF2N2O4/c8-5-4(12(15)16)2(7(13)14)1-3(11-5)6(9)10/h1,6H,(H,13,14). The van der Waals surface area contributed by atoms with Crippen LogP contribution in [0.3, 0.4) is 0 Å². The molecule has 6 nitrogen and oxygen atoms in total. The summed E-state index contributed by atoms with van der Waals surface area (Å²) in [4.78, 5) is 23.0. The van der Waals surface area contributed by atoms with Crippen molar-refractivity contribution in [2.45, 2.75) is 6.43 Å². The first-order valence-electron chi connectivity index (χ1n) is 3.71. The Bertz CT molecular complexity index is 466. The van der Waals surface area contributed by atoms with Gasteiger partial charge in [-0.2, -0.15) is 0 Å². The van der Waals surface area contributed by atoms with Crippen LogP contribution in [0.2, 0.25) is 5.15 Å². The van der Waals surface area contributed by atoms with Gasteiger partial charge in [0.15, 0.2) is 0 Å². The Kier molecular flexibility index (Phi) is 3.33. The van der Waals surface area contributed by atoms with Crippen LogP contribution in [-0.4, -0.2) is 21.0 Å². The Balaban J connectivity index is 3.52. The van der Waals surface area contributed by atoms with Crippen molar-refractivity contribution in [1.82, 2.24) is 4.98 Å². The zero-order valence-electron chi connectivity index (χ0n) is 7.35. The third-order valence-corrected chi connectivity index (χ3v) is 1.87. The number of pyridine rings is 1. The molecule has 0 unspecified atom stereocenters. The maximum Gasteiger partial charge on any atom is 0.342 e. The smallest absolute Gasteiger partial charge is 0.342 e. The molecular weight excluding hydrogens is 250 g/mol. The minimum atomic E-state index is -3.06. The fourth-order valence-electron chi connectivity index (χ4n) is 0.974. The van der Waals surface area contributed by atoms with Gasteiger partial charge in [-0.05, 0) is 6.07 Å². The van der Waals surface area contributed by atoms with Gasteiger partial charge in [0, 0.05) is 0 Å². The first-order chi connectivity index (χ1) is 7.34. The van der Waals surface area contributed by atoms with Crippen molar-refractivity contribution in [3.05, 3.63) is 32.6 Å². The molecule has 0 saturated heterocycles. The van der Waals surface area contributed by atoms with Crippen molar-refractivity contribution >= 4 is 23.3 Å². The minimum Gasteiger partial charge on any atom is -0.477 e. The van der Waals surface area contributed by atoms with E-state index in [1.165, 1.54) is 0 Å².